The summed E-state index contributed by atoms with van der Waals surface area (Å²) in [4.78, 5) is 2.34. The van der Waals surface area contributed by atoms with Gasteiger partial charge in [-0.3, -0.25) is 0 Å². The van der Waals surface area contributed by atoms with Gasteiger partial charge in [-0.25, -0.2) is 0 Å². The Hall–Kier alpha value is -6.44. The molecule has 0 aliphatic heterocycles. The Bertz CT molecular complexity index is 2840. The lowest BCUT2D eigenvalue weighted by molar-refractivity contribution is 0.662. The highest BCUT2D eigenvalue weighted by atomic mass is 15.1. The lowest BCUT2D eigenvalue weighted by Crippen LogP contribution is -2.16. The molecular formula is C52H39N. The van der Waals surface area contributed by atoms with Gasteiger partial charge in [0.25, 0.3) is 0 Å². The van der Waals surface area contributed by atoms with E-state index in [9.17, 15) is 0 Å². The number of anilines is 3. The van der Waals surface area contributed by atoms with Gasteiger partial charge < -0.3 is 4.90 Å². The smallest absolute Gasteiger partial charge is 0.0462 e. The molecule has 252 valence electrons. The molecule has 0 spiro atoms. The molecule has 0 bridgehead atoms. The number of aryl methyl sites for hydroxylation is 1. The molecule has 0 saturated heterocycles. The first-order valence-electron chi connectivity index (χ1n) is 18.6. The van der Waals surface area contributed by atoms with Crippen molar-refractivity contribution in [3.8, 4) is 33.4 Å². The Morgan fingerprint density at radius 2 is 0.906 bits per heavy atom. The summed E-state index contributed by atoms with van der Waals surface area (Å²) >= 11 is 0. The van der Waals surface area contributed by atoms with E-state index >= 15 is 0 Å². The zero-order valence-corrected chi connectivity index (χ0v) is 30.3. The van der Waals surface area contributed by atoms with Gasteiger partial charge in [-0.1, -0.05) is 153 Å². The predicted octanol–water partition coefficient (Wildman–Crippen LogP) is 14.6. The SMILES string of the molecule is Cc1ccc(N(c2ccccc2)c2ccc(-c3c4ccccc4c(-c4cccc5c4C(C)(C)c4ccccc4-5)c4cc5ccccc5cc34)cc2)cc1. The third-order valence-electron chi connectivity index (χ3n) is 11.5. The maximum atomic E-state index is 2.44. The standard InChI is InChI=1S/C52H39N/c1-34-24-28-39(29-25-34)53(38-16-5-4-6-17-38)40-30-26-35(27-31-40)49-42-19-9-10-20-43(42)50(47-33-37-15-8-7-14-36(37)32-46(47)49)45-22-13-21-44-41-18-11-12-23-48(41)52(2,3)51(44)45/h4-33H,1-3H3. The van der Waals surface area contributed by atoms with Gasteiger partial charge in [-0.15, -0.1) is 0 Å². The fraction of sp³-hybridized carbons (Fsp3) is 0.0769. The topological polar surface area (TPSA) is 3.24 Å². The molecule has 0 fully saturated rings. The summed E-state index contributed by atoms with van der Waals surface area (Å²) in [5.74, 6) is 0. The summed E-state index contributed by atoms with van der Waals surface area (Å²) in [5, 5.41) is 7.61. The normalized spacial score (nSPS) is 13.0. The van der Waals surface area contributed by atoms with E-state index in [2.05, 4.69) is 208 Å². The van der Waals surface area contributed by atoms with Crippen molar-refractivity contribution in [1.82, 2.24) is 0 Å². The van der Waals surface area contributed by atoms with Crippen molar-refractivity contribution in [2.24, 2.45) is 0 Å². The molecule has 1 nitrogen and oxygen atoms in total. The van der Waals surface area contributed by atoms with Crippen LogP contribution in [0.1, 0.15) is 30.5 Å². The van der Waals surface area contributed by atoms with Crippen LogP contribution in [-0.4, -0.2) is 0 Å². The summed E-state index contributed by atoms with van der Waals surface area (Å²) in [5.41, 5.74) is 15.1. The minimum Gasteiger partial charge on any atom is -0.311 e. The number of fused-ring (bicyclic) bond motifs is 6. The van der Waals surface area contributed by atoms with Crippen molar-refractivity contribution < 1.29 is 0 Å². The van der Waals surface area contributed by atoms with Crippen LogP contribution in [0.4, 0.5) is 17.1 Å². The van der Waals surface area contributed by atoms with Gasteiger partial charge in [0.2, 0.25) is 0 Å². The summed E-state index contributed by atoms with van der Waals surface area (Å²) < 4.78 is 0. The zero-order chi connectivity index (χ0) is 35.7. The van der Waals surface area contributed by atoms with E-state index in [1.165, 1.54) is 82.4 Å². The second-order valence-corrected chi connectivity index (χ2v) is 15.0. The highest BCUT2D eigenvalue weighted by molar-refractivity contribution is 6.24. The number of hydrogen-bond acceptors (Lipinski definition) is 1. The number of para-hydroxylation sites is 1. The predicted molar refractivity (Wildman–Crippen MR) is 227 cm³/mol. The van der Waals surface area contributed by atoms with Crippen LogP contribution in [0, 0.1) is 6.92 Å². The van der Waals surface area contributed by atoms with E-state index in [0.717, 1.165) is 17.1 Å². The van der Waals surface area contributed by atoms with Crippen LogP contribution in [0.3, 0.4) is 0 Å². The molecule has 53 heavy (non-hydrogen) atoms. The van der Waals surface area contributed by atoms with Crippen LogP contribution in [0.2, 0.25) is 0 Å². The molecule has 1 aliphatic rings. The molecule has 9 aromatic carbocycles. The van der Waals surface area contributed by atoms with Gasteiger partial charge >= 0.3 is 0 Å². The van der Waals surface area contributed by atoms with E-state index in [1.54, 1.807) is 0 Å². The highest BCUT2D eigenvalue weighted by Gasteiger charge is 2.38. The quantitative estimate of drug-likeness (QED) is 0.164. The molecule has 0 aromatic heterocycles. The van der Waals surface area contributed by atoms with E-state index in [4.69, 9.17) is 0 Å². The molecule has 0 atom stereocenters. The molecule has 0 amide bonds. The van der Waals surface area contributed by atoms with Crippen molar-refractivity contribution >= 4 is 49.4 Å². The van der Waals surface area contributed by atoms with E-state index in [-0.39, 0.29) is 5.41 Å². The molecule has 0 heterocycles. The average molecular weight is 678 g/mol. The van der Waals surface area contributed by atoms with E-state index in [1.807, 2.05) is 0 Å². The number of rotatable bonds is 5. The van der Waals surface area contributed by atoms with Crippen LogP contribution in [0.5, 0.6) is 0 Å². The average Bonchev–Trinajstić information content (AvgIpc) is 3.44. The Kier molecular flexibility index (Phi) is 7.13. The van der Waals surface area contributed by atoms with Crippen molar-refractivity contribution in [2.75, 3.05) is 4.90 Å². The van der Waals surface area contributed by atoms with Crippen LogP contribution in [0.25, 0.3) is 65.7 Å². The Labute approximate surface area is 311 Å². The second-order valence-electron chi connectivity index (χ2n) is 15.0. The number of hydrogen-bond donors (Lipinski definition) is 0. The minimum atomic E-state index is -0.136. The number of benzene rings is 9. The van der Waals surface area contributed by atoms with Crippen molar-refractivity contribution in [2.45, 2.75) is 26.2 Å². The van der Waals surface area contributed by atoms with Crippen LogP contribution >= 0.6 is 0 Å². The molecule has 0 radical (unpaired) electrons. The Morgan fingerprint density at radius 3 is 1.60 bits per heavy atom. The molecule has 10 rings (SSSR count). The summed E-state index contributed by atoms with van der Waals surface area (Å²) in [6.45, 7) is 6.93. The molecule has 0 saturated carbocycles. The molecule has 0 N–H and O–H groups in total. The fourth-order valence-electron chi connectivity index (χ4n) is 9.02. The summed E-state index contributed by atoms with van der Waals surface area (Å²) in [7, 11) is 0. The molecular weight excluding hydrogens is 639 g/mol. The zero-order valence-electron chi connectivity index (χ0n) is 30.3. The first-order chi connectivity index (χ1) is 26.0. The number of nitrogens with zero attached hydrogens (tertiary/aromatic N) is 1. The van der Waals surface area contributed by atoms with Gasteiger partial charge in [-0.05, 0) is 132 Å². The molecule has 0 unspecified atom stereocenters. The van der Waals surface area contributed by atoms with Gasteiger partial charge in [0.15, 0.2) is 0 Å². The van der Waals surface area contributed by atoms with Gasteiger partial charge in [0.05, 0.1) is 0 Å². The molecule has 1 aliphatic carbocycles. The third kappa shape index (κ3) is 4.92. The minimum absolute atomic E-state index is 0.136. The fourth-order valence-corrected chi connectivity index (χ4v) is 9.02. The molecule has 9 aromatic rings. The Morgan fingerprint density at radius 1 is 0.396 bits per heavy atom. The maximum Gasteiger partial charge on any atom is 0.0462 e. The largest absolute Gasteiger partial charge is 0.311 e. The van der Waals surface area contributed by atoms with Gasteiger partial charge in [0.1, 0.15) is 0 Å². The van der Waals surface area contributed by atoms with Crippen LogP contribution in [0.15, 0.2) is 182 Å². The van der Waals surface area contributed by atoms with E-state index < -0.39 is 0 Å². The first-order valence-corrected chi connectivity index (χ1v) is 18.6. The monoisotopic (exact) mass is 677 g/mol. The lowest BCUT2D eigenvalue weighted by atomic mass is 9.76. The first kappa shape index (κ1) is 31.3. The maximum absolute atomic E-state index is 2.44. The van der Waals surface area contributed by atoms with Crippen molar-refractivity contribution in [1.29, 1.82) is 0 Å². The van der Waals surface area contributed by atoms with Gasteiger partial charge in [0, 0.05) is 22.5 Å². The van der Waals surface area contributed by atoms with Crippen molar-refractivity contribution in [3.05, 3.63) is 199 Å². The molecule has 1 heteroatoms. The summed E-state index contributed by atoms with van der Waals surface area (Å²) in [6.07, 6.45) is 0. The summed E-state index contributed by atoms with van der Waals surface area (Å²) in [6, 6.07) is 67.2. The van der Waals surface area contributed by atoms with E-state index in [0.29, 0.717) is 0 Å². The van der Waals surface area contributed by atoms with Crippen molar-refractivity contribution in [3.63, 3.8) is 0 Å². The third-order valence-corrected chi connectivity index (χ3v) is 11.5. The Balaban J connectivity index is 1.24. The lowest BCUT2D eigenvalue weighted by Gasteiger charge is -2.27. The van der Waals surface area contributed by atoms with Gasteiger partial charge in [-0.2, -0.15) is 0 Å². The highest BCUT2D eigenvalue weighted by Crippen LogP contribution is 2.55. The second kappa shape index (κ2) is 12.1. The van der Waals surface area contributed by atoms with Crippen LogP contribution < -0.4 is 4.90 Å². The van der Waals surface area contributed by atoms with Crippen LogP contribution in [-0.2, 0) is 5.41 Å².